The van der Waals surface area contributed by atoms with Crippen molar-refractivity contribution < 1.29 is 9.53 Å². The van der Waals surface area contributed by atoms with E-state index in [-0.39, 0.29) is 5.41 Å². The Morgan fingerprint density at radius 1 is 1.45 bits per heavy atom. The molecule has 0 heterocycles. The monoisotopic (exact) mass is 198 g/mol. The van der Waals surface area contributed by atoms with E-state index < -0.39 is 10.8 Å². The quantitative estimate of drug-likeness (QED) is 0.504. The normalized spacial score (nSPS) is 11.8. The molecule has 11 heavy (non-hydrogen) atoms. The van der Waals surface area contributed by atoms with Gasteiger partial charge < -0.3 is 4.74 Å². The Bertz CT molecular complexity index is 138. The van der Waals surface area contributed by atoms with Crippen LogP contribution < -0.4 is 0 Å². The van der Waals surface area contributed by atoms with Gasteiger partial charge in [0.15, 0.2) is 0 Å². The summed E-state index contributed by atoms with van der Waals surface area (Å²) in [5.74, 6) is -0.580. The summed E-state index contributed by atoms with van der Waals surface area (Å²) in [4.78, 5) is 9.63. The highest BCUT2D eigenvalue weighted by Gasteiger charge is 2.17. The van der Waals surface area contributed by atoms with Gasteiger partial charge in [0.25, 0.3) is 0 Å². The van der Waals surface area contributed by atoms with Crippen molar-refractivity contribution in [1.82, 2.24) is 0 Å². The number of carbonyl (C=O) groups is 1. The Balaban J connectivity index is 3.64. The molecule has 0 amide bonds. The molecule has 0 fully saturated rings. The molecule has 0 atom stereocenters. The molecule has 0 saturated heterocycles. The van der Waals surface area contributed by atoms with Crippen molar-refractivity contribution in [2.45, 2.75) is 25.6 Å². The average molecular weight is 199 g/mol. The highest BCUT2D eigenvalue weighted by atomic mass is 35.5. The molecule has 4 heteroatoms. The molecular weight excluding hydrogens is 187 g/mol. The number of ether oxygens (including phenoxy) is 1. The summed E-state index contributed by atoms with van der Waals surface area (Å²) in [5.41, 5.74) is -0.0433. The summed E-state index contributed by atoms with van der Waals surface area (Å²) in [6.45, 7) is 6.20. The predicted molar refractivity (Wildman–Crippen MR) is 45.9 cm³/mol. The molecule has 0 N–H and O–H groups in total. The van der Waals surface area contributed by atoms with E-state index in [9.17, 15) is 4.79 Å². The molecule has 0 aromatic heterocycles. The van der Waals surface area contributed by atoms with E-state index in [1.807, 2.05) is 20.8 Å². The third-order valence-corrected chi connectivity index (χ3v) is 1.18. The van der Waals surface area contributed by atoms with Crippen LogP contribution in [0.3, 0.4) is 0 Å². The summed E-state index contributed by atoms with van der Waals surface area (Å²) >= 11 is 10.5. The van der Waals surface area contributed by atoms with Crippen LogP contribution in [0.2, 0.25) is 0 Å². The second-order valence-corrected chi connectivity index (χ2v) is 4.57. The van der Waals surface area contributed by atoms with Crippen LogP contribution in [0, 0.1) is 5.41 Å². The molecule has 0 spiro atoms. The summed E-state index contributed by atoms with van der Waals surface area (Å²) in [7, 11) is 0. The Morgan fingerprint density at radius 3 is 2.18 bits per heavy atom. The lowest BCUT2D eigenvalue weighted by atomic mass is 9.99. The first-order valence-electron chi connectivity index (χ1n) is 3.28. The van der Waals surface area contributed by atoms with Gasteiger partial charge in [0.05, 0.1) is 6.61 Å². The third kappa shape index (κ3) is 6.45. The van der Waals surface area contributed by atoms with Crippen molar-refractivity contribution in [1.29, 1.82) is 0 Å². The first kappa shape index (κ1) is 11.1. The average Bonchev–Trinajstić information content (AvgIpc) is 1.80. The molecule has 0 aliphatic heterocycles. The van der Waals surface area contributed by atoms with Gasteiger partial charge in [0.1, 0.15) is 0 Å². The van der Waals surface area contributed by atoms with Gasteiger partial charge in [-0.15, -0.1) is 0 Å². The molecular formula is C7H12Cl2O2. The van der Waals surface area contributed by atoms with Gasteiger partial charge >= 0.3 is 5.97 Å². The second kappa shape index (κ2) is 4.17. The van der Waals surface area contributed by atoms with Crippen molar-refractivity contribution in [2.75, 3.05) is 6.61 Å². The minimum Gasteiger partial charge on any atom is -0.463 e. The minimum atomic E-state index is -1.07. The molecule has 0 aromatic carbocycles. The maximum Gasteiger partial charge on any atom is 0.339 e. The van der Waals surface area contributed by atoms with Gasteiger partial charge in [-0.05, 0) is 5.41 Å². The summed E-state index contributed by atoms with van der Waals surface area (Å²) in [6.07, 6.45) is 0. The number of alkyl halides is 2. The van der Waals surface area contributed by atoms with Gasteiger partial charge in [-0.1, -0.05) is 44.0 Å². The molecule has 0 unspecified atom stereocenters. The lowest BCUT2D eigenvalue weighted by Gasteiger charge is -2.17. The van der Waals surface area contributed by atoms with E-state index in [2.05, 4.69) is 0 Å². The second-order valence-electron chi connectivity index (χ2n) is 3.47. The van der Waals surface area contributed by atoms with E-state index in [4.69, 9.17) is 27.9 Å². The largest absolute Gasteiger partial charge is 0.463 e. The van der Waals surface area contributed by atoms with Gasteiger partial charge in [-0.3, -0.25) is 0 Å². The topological polar surface area (TPSA) is 26.3 Å². The number of halogens is 2. The van der Waals surface area contributed by atoms with Crippen LogP contribution in [0.15, 0.2) is 0 Å². The van der Waals surface area contributed by atoms with Crippen molar-refractivity contribution in [2.24, 2.45) is 5.41 Å². The van der Waals surface area contributed by atoms with Crippen molar-refractivity contribution in [3.8, 4) is 0 Å². The van der Waals surface area contributed by atoms with Gasteiger partial charge in [0, 0.05) is 0 Å². The molecule has 0 aliphatic carbocycles. The number of hydrogen-bond acceptors (Lipinski definition) is 2. The number of rotatable bonds is 2. The summed E-state index contributed by atoms with van der Waals surface area (Å²) in [5, 5.41) is 0. The fourth-order valence-corrected chi connectivity index (χ4v) is 0.477. The van der Waals surface area contributed by atoms with Crippen LogP contribution >= 0.6 is 23.2 Å². The minimum absolute atomic E-state index is 0.0433. The molecule has 0 saturated carbocycles. The van der Waals surface area contributed by atoms with Crippen LogP contribution in [-0.4, -0.2) is 17.4 Å². The molecule has 66 valence electrons. The zero-order chi connectivity index (χ0) is 9.07. The summed E-state index contributed by atoms with van der Waals surface area (Å²) < 4.78 is 4.77. The van der Waals surface area contributed by atoms with Crippen molar-refractivity contribution in [3.05, 3.63) is 0 Å². The van der Waals surface area contributed by atoms with E-state index in [0.29, 0.717) is 6.61 Å². The number of esters is 1. The molecule has 2 nitrogen and oxygen atoms in total. The SMILES string of the molecule is CC(C)(C)COC(=O)C(Cl)Cl. The van der Waals surface area contributed by atoms with Gasteiger partial charge in [-0.2, -0.15) is 0 Å². The number of hydrogen-bond donors (Lipinski definition) is 0. The molecule has 0 aromatic rings. The third-order valence-electron chi connectivity index (χ3n) is 0.826. The lowest BCUT2D eigenvalue weighted by molar-refractivity contribution is -0.144. The fraction of sp³-hybridized carbons (Fsp3) is 0.857. The van der Waals surface area contributed by atoms with Gasteiger partial charge in [0.2, 0.25) is 4.84 Å². The van der Waals surface area contributed by atoms with Crippen molar-refractivity contribution >= 4 is 29.2 Å². The Kier molecular flexibility index (Phi) is 4.19. The first-order chi connectivity index (χ1) is 4.83. The lowest BCUT2D eigenvalue weighted by Crippen LogP contribution is -2.21. The van der Waals surface area contributed by atoms with E-state index in [1.165, 1.54) is 0 Å². The van der Waals surface area contributed by atoms with Crippen molar-refractivity contribution in [3.63, 3.8) is 0 Å². The van der Waals surface area contributed by atoms with Crippen LogP contribution in [0.4, 0.5) is 0 Å². The predicted octanol–water partition coefficient (Wildman–Crippen LogP) is 2.38. The van der Waals surface area contributed by atoms with E-state index in [0.717, 1.165) is 0 Å². The smallest absolute Gasteiger partial charge is 0.339 e. The maximum atomic E-state index is 10.7. The fourth-order valence-electron chi connectivity index (χ4n) is 0.351. The Labute approximate surface area is 76.8 Å². The van der Waals surface area contributed by atoms with Crippen LogP contribution in [0.5, 0.6) is 0 Å². The zero-order valence-electron chi connectivity index (χ0n) is 6.86. The highest BCUT2D eigenvalue weighted by molar-refractivity contribution is 6.52. The van der Waals surface area contributed by atoms with Crippen LogP contribution in [-0.2, 0) is 9.53 Å². The summed E-state index contributed by atoms with van der Waals surface area (Å²) in [6, 6.07) is 0. The van der Waals surface area contributed by atoms with Crippen LogP contribution in [0.1, 0.15) is 20.8 Å². The molecule has 0 aliphatic rings. The number of carbonyl (C=O) groups excluding carboxylic acids is 1. The zero-order valence-corrected chi connectivity index (χ0v) is 8.37. The van der Waals surface area contributed by atoms with Crippen LogP contribution in [0.25, 0.3) is 0 Å². The van der Waals surface area contributed by atoms with Gasteiger partial charge in [-0.25, -0.2) is 4.79 Å². The standard InChI is InChI=1S/C7H12Cl2O2/c1-7(2,3)4-11-6(10)5(8)9/h5H,4H2,1-3H3. The highest BCUT2D eigenvalue weighted by Crippen LogP contribution is 2.14. The maximum absolute atomic E-state index is 10.7. The Morgan fingerprint density at radius 2 is 1.91 bits per heavy atom. The molecule has 0 bridgehead atoms. The van der Waals surface area contributed by atoms with E-state index >= 15 is 0 Å². The Hall–Kier alpha value is 0.0500. The molecule has 0 radical (unpaired) electrons. The first-order valence-corrected chi connectivity index (χ1v) is 4.15. The van der Waals surface area contributed by atoms with E-state index in [1.54, 1.807) is 0 Å². The molecule has 0 rings (SSSR count).